The Kier molecular flexibility index (Phi) is 5.08. The predicted octanol–water partition coefficient (Wildman–Crippen LogP) is 2.20. The van der Waals surface area contributed by atoms with Crippen LogP contribution >= 0.6 is 0 Å². The van der Waals surface area contributed by atoms with Gasteiger partial charge in [-0.1, -0.05) is 18.2 Å². The molecule has 1 atom stereocenters. The number of benzene rings is 2. The monoisotopic (exact) mass is 372 g/mol. The van der Waals surface area contributed by atoms with Gasteiger partial charge in [0.25, 0.3) is 11.8 Å². The number of rotatable bonds is 4. The van der Waals surface area contributed by atoms with Gasteiger partial charge in [-0.2, -0.15) is 0 Å². The number of sulfone groups is 1. The summed E-state index contributed by atoms with van der Waals surface area (Å²) in [7, 11) is -1.42. The molecule has 1 saturated heterocycles. The Morgan fingerprint density at radius 2 is 1.65 bits per heavy atom. The fraction of sp³-hybridized carbons (Fsp3) is 0.263. The second kappa shape index (κ2) is 7.29. The number of carbonyl (C=O) groups excluding carboxylic acids is 2. The molecular formula is C19H20N2O4S. The van der Waals surface area contributed by atoms with Gasteiger partial charge in [-0.05, 0) is 42.8 Å². The van der Waals surface area contributed by atoms with Crippen molar-refractivity contribution in [2.75, 3.05) is 23.9 Å². The molecule has 26 heavy (non-hydrogen) atoms. The molecule has 1 unspecified atom stereocenters. The minimum Gasteiger partial charge on any atom is -0.338 e. The average molecular weight is 372 g/mol. The van der Waals surface area contributed by atoms with Crippen molar-refractivity contribution in [2.24, 2.45) is 0 Å². The summed E-state index contributed by atoms with van der Waals surface area (Å²) in [4.78, 5) is 26.2. The fourth-order valence-electron chi connectivity index (χ4n) is 2.94. The van der Waals surface area contributed by atoms with Crippen LogP contribution in [-0.2, 0) is 9.84 Å². The molecule has 0 aromatic heterocycles. The molecule has 1 fully saturated rings. The van der Waals surface area contributed by atoms with E-state index in [1.165, 1.54) is 4.90 Å². The van der Waals surface area contributed by atoms with Gasteiger partial charge in [-0.15, -0.1) is 0 Å². The lowest BCUT2D eigenvalue weighted by Crippen LogP contribution is -2.37. The van der Waals surface area contributed by atoms with Gasteiger partial charge in [0.05, 0.1) is 11.5 Å². The Labute approximate surface area is 152 Å². The number of nitrogens with zero attached hydrogens (tertiary/aromatic N) is 1. The number of hydrogen-bond donors (Lipinski definition) is 1. The quantitative estimate of drug-likeness (QED) is 0.892. The highest BCUT2D eigenvalue weighted by Gasteiger charge is 2.32. The molecule has 7 heteroatoms. The Hall–Kier alpha value is -2.67. The first-order valence-corrected chi connectivity index (χ1v) is 10.1. The summed E-state index contributed by atoms with van der Waals surface area (Å²) in [6, 6.07) is 15.1. The van der Waals surface area contributed by atoms with E-state index in [2.05, 4.69) is 5.32 Å². The molecule has 2 aromatic carbocycles. The van der Waals surface area contributed by atoms with Gasteiger partial charge in [0, 0.05) is 29.9 Å². The lowest BCUT2D eigenvalue weighted by atomic mass is 10.1. The van der Waals surface area contributed by atoms with Crippen LogP contribution < -0.4 is 5.32 Å². The van der Waals surface area contributed by atoms with Gasteiger partial charge in [0.15, 0.2) is 9.84 Å². The van der Waals surface area contributed by atoms with Crippen molar-refractivity contribution in [3.8, 4) is 0 Å². The Morgan fingerprint density at radius 1 is 1.00 bits per heavy atom. The van der Waals surface area contributed by atoms with E-state index < -0.39 is 9.84 Å². The van der Waals surface area contributed by atoms with Crippen LogP contribution in [0.25, 0.3) is 0 Å². The lowest BCUT2D eigenvalue weighted by molar-refractivity contribution is 0.0747. The molecule has 1 aliphatic heterocycles. The fourth-order valence-corrected chi connectivity index (χ4v) is 4.71. The first-order chi connectivity index (χ1) is 12.4. The van der Waals surface area contributed by atoms with E-state index in [0.29, 0.717) is 23.2 Å². The minimum atomic E-state index is -3.04. The highest BCUT2D eigenvalue weighted by atomic mass is 32.2. The van der Waals surface area contributed by atoms with Crippen molar-refractivity contribution in [1.82, 2.24) is 4.90 Å². The third-order valence-corrected chi connectivity index (χ3v) is 6.25. The summed E-state index contributed by atoms with van der Waals surface area (Å²) in [6.45, 7) is 0. The maximum absolute atomic E-state index is 12.5. The average Bonchev–Trinajstić information content (AvgIpc) is 3.01. The number of amides is 2. The molecule has 2 aromatic rings. The summed E-state index contributed by atoms with van der Waals surface area (Å²) in [5.41, 5.74) is 1.59. The lowest BCUT2D eigenvalue weighted by Gasteiger charge is -2.23. The van der Waals surface area contributed by atoms with Crippen molar-refractivity contribution in [2.45, 2.75) is 12.5 Å². The molecule has 1 aliphatic rings. The molecule has 0 spiro atoms. The van der Waals surface area contributed by atoms with Gasteiger partial charge in [0.2, 0.25) is 0 Å². The zero-order valence-electron chi connectivity index (χ0n) is 14.4. The maximum Gasteiger partial charge on any atom is 0.255 e. The maximum atomic E-state index is 12.5. The normalized spacial score (nSPS) is 18.3. The Morgan fingerprint density at radius 3 is 2.23 bits per heavy atom. The summed E-state index contributed by atoms with van der Waals surface area (Å²) >= 11 is 0. The second-order valence-electron chi connectivity index (χ2n) is 6.37. The van der Waals surface area contributed by atoms with Crippen molar-refractivity contribution in [1.29, 1.82) is 0 Å². The molecule has 3 rings (SSSR count). The Balaban J connectivity index is 1.65. The molecular weight excluding hydrogens is 352 g/mol. The van der Waals surface area contributed by atoms with Crippen LogP contribution in [0.15, 0.2) is 54.6 Å². The second-order valence-corrected chi connectivity index (χ2v) is 8.60. The summed E-state index contributed by atoms with van der Waals surface area (Å²) < 4.78 is 23.2. The first kappa shape index (κ1) is 18.1. The third kappa shape index (κ3) is 4.11. The number of carbonyl (C=O) groups is 2. The molecule has 1 heterocycles. The van der Waals surface area contributed by atoms with E-state index >= 15 is 0 Å². The first-order valence-electron chi connectivity index (χ1n) is 8.30. The van der Waals surface area contributed by atoms with E-state index in [4.69, 9.17) is 0 Å². The van der Waals surface area contributed by atoms with Crippen LogP contribution in [0.5, 0.6) is 0 Å². The van der Waals surface area contributed by atoms with Crippen LogP contribution in [0.4, 0.5) is 5.69 Å². The highest BCUT2D eigenvalue weighted by molar-refractivity contribution is 7.91. The number of hydrogen-bond acceptors (Lipinski definition) is 4. The molecule has 6 nitrogen and oxygen atoms in total. The van der Waals surface area contributed by atoms with Gasteiger partial charge < -0.3 is 10.2 Å². The highest BCUT2D eigenvalue weighted by Crippen LogP contribution is 2.19. The van der Waals surface area contributed by atoms with Crippen LogP contribution in [0.3, 0.4) is 0 Å². The van der Waals surface area contributed by atoms with Crippen LogP contribution in [0.2, 0.25) is 0 Å². The van der Waals surface area contributed by atoms with Gasteiger partial charge in [-0.25, -0.2) is 8.42 Å². The van der Waals surface area contributed by atoms with Gasteiger partial charge in [-0.3, -0.25) is 9.59 Å². The molecule has 2 amide bonds. The van der Waals surface area contributed by atoms with Crippen molar-refractivity contribution < 1.29 is 18.0 Å². The van der Waals surface area contributed by atoms with Gasteiger partial charge >= 0.3 is 0 Å². The molecule has 0 aliphatic carbocycles. The molecule has 0 saturated carbocycles. The van der Waals surface area contributed by atoms with Gasteiger partial charge in [0.1, 0.15) is 0 Å². The van der Waals surface area contributed by atoms with Crippen LogP contribution in [0, 0.1) is 0 Å². The van der Waals surface area contributed by atoms with Crippen molar-refractivity contribution >= 4 is 27.3 Å². The number of nitrogens with one attached hydrogen (secondary N) is 1. The third-order valence-electron chi connectivity index (χ3n) is 4.50. The SMILES string of the molecule is CN(C(=O)c1ccc(NC(=O)c2ccccc2)cc1)C1CCS(=O)(=O)C1. The minimum absolute atomic E-state index is 0.0143. The van der Waals surface area contributed by atoms with Crippen LogP contribution in [0.1, 0.15) is 27.1 Å². The molecule has 0 bridgehead atoms. The smallest absolute Gasteiger partial charge is 0.255 e. The van der Waals surface area contributed by atoms with E-state index in [9.17, 15) is 18.0 Å². The zero-order chi connectivity index (χ0) is 18.7. The zero-order valence-corrected chi connectivity index (χ0v) is 15.2. The summed E-state index contributed by atoms with van der Waals surface area (Å²) in [6.07, 6.45) is 0.468. The number of anilines is 1. The van der Waals surface area contributed by atoms with E-state index in [-0.39, 0.29) is 29.4 Å². The van der Waals surface area contributed by atoms with E-state index in [1.807, 2.05) is 6.07 Å². The van der Waals surface area contributed by atoms with E-state index in [0.717, 1.165) is 0 Å². The standard InChI is InChI=1S/C19H20N2O4S/c1-21(17-11-12-26(24,25)13-17)19(23)15-7-9-16(10-8-15)20-18(22)14-5-3-2-4-6-14/h2-10,17H,11-13H2,1H3,(H,20,22). The predicted molar refractivity (Wildman–Crippen MR) is 100.0 cm³/mol. The molecule has 136 valence electrons. The molecule has 1 N–H and O–H groups in total. The largest absolute Gasteiger partial charge is 0.338 e. The summed E-state index contributed by atoms with van der Waals surface area (Å²) in [5.74, 6) is -0.314. The van der Waals surface area contributed by atoms with Crippen LogP contribution in [-0.4, -0.2) is 49.7 Å². The molecule has 0 radical (unpaired) electrons. The Bertz CT molecular complexity index is 908. The van der Waals surface area contributed by atoms with Crippen molar-refractivity contribution in [3.63, 3.8) is 0 Å². The topological polar surface area (TPSA) is 83.6 Å². The van der Waals surface area contributed by atoms with E-state index in [1.54, 1.807) is 55.6 Å². The van der Waals surface area contributed by atoms with Crippen molar-refractivity contribution in [3.05, 3.63) is 65.7 Å². The summed E-state index contributed by atoms with van der Waals surface area (Å²) in [5, 5.41) is 2.78.